The molecule has 0 spiro atoms. The van der Waals surface area contributed by atoms with Gasteiger partial charge < -0.3 is 5.32 Å². The number of aromatic nitrogens is 4. The molecule has 1 N–H and O–H groups in total. The summed E-state index contributed by atoms with van der Waals surface area (Å²) in [6.07, 6.45) is 1.71. The molecule has 0 bridgehead atoms. The predicted octanol–water partition coefficient (Wildman–Crippen LogP) is 2.80. The standard InChI is InChI=1S/C14H16F3N5/c1-10(8-12-9-18-6-7-19-12)21-13-20-5-3-11(22-13)2-4-14(15,16)17/h3,5-7,9-10H,2,4,8H2,1H3,(H,20,21,22)/t10-/m0/s1. The molecule has 1 atom stereocenters. The highest BCUT2D eigenvalue weighted by Crippen LogP contribution is 2.21. The number of anilines is 1. The molecule has 0 fully saturated rings. The number of rotatable bonds is 6. The van der Waals surface area contributed by atoms with Gasteiger partial charge in [0.1, 0.15) is 0 Å². The first-order chi connectivity index (χ1) is 10.4. The van der Waals surface area contributed by atoms with Crippen molar-refractivity contribution >= 4 is 5.95 Å². The Balaban J connectivity index is 1.92. The van der Waals surface area contributed by atoms with Crippen LogP contribution < -0.4 is 5.32 Å². The van der Waals surface area contributed by atoms with Crippen molar-refractivity contribution in [1.82, 2.24) is 19.9 Å². The first-order valence-corrected chi connectivity index (χ1v) is 6.82. The summed E-state index contributed by atoms with van der Waals surface area (Å²) in [5, 5.41) is 3.06. The molecular weight excluding hydrogens is 295 g/mol. The maximum absolute atomic E-state index is 12.2. The van der Waals surface area contributed by atoms with Gasteiger partial charge in [-0.3, -0.25) is 9.97 Å². The van der Waals surface area contributed by atoms with Crippen LogP contribution in [0.3, 0.4) is 0 Å². The number of nitrogens with one attached hydrogen (secondary N) is 1. The van der Waals surface area contributed by atoms with E-state index in [0.717, 1.165) is 5.69 Å². The summed E-state index contributed by atoms with van der Waals surface area (Å²) in [5.41, 5.74) is 1.18. The van der Waals surface area contributed by atoms with Gasteiger partial charge in [-0.15, -0.1) is 0 Å². The molecule has 0 saturated carbocycles. The van der Waals surface area contributed by atoms with Crippen LogP contribution in [-0.4, -0.2) is 32.2 Å². The topological polar surface area (TPSA) is 63.6 Å². The number of nitrogens with zero attached hydrogens (tertiary/aromatic N) is 4. The second-order valence-electron chi connectivity index (χ2n) is 4.93. The van der Waals surface area contributed by atoms with Gasteiger partial charge in [-0.1, -0.05) is 0 Å². The van der Waals surface area contributed by atoms with Crippen molar-refractivity contribution in [3.8, 4) is 0 Å². The molecule has 2 heterocycles. The molecule has 0 unspecified atom stereocenters. The lowest BCUT2D eigenvalue weighted by molar-refractivity contribution is -0.134. The maximum Gasteiger partial charge on any atom is 0.389 e. The van der Waals surface area contributed by atoms with Gasteiger partial charge in [-0.05, 0) is 19.4 Å². The van der Waals surface area contributed by atoms with Gasteiger partial charge in [0.05, 0.1) is 5.69 Å². The number of alkyl halides is 3. The second-order valence-corrected chi connectivity index (χ2v) is 4.93. The molecule has 0 aromatic carbocycles. The summed E-state index contributed by atoms with van der Waals surface area (Å²) >= 11 is 0. The first kappa shape index (κ1) is 16.1. The lowest BCUT2D eigenvalue weighted by Crippen LogP contribution is -2.20. The predicted molar refractivity (Wildman–Crippen MR) is 75.2 cm³/mol. The SMILES string of the molecule is C[C@@H](Cc1cnccn1)Nc1nccc(CCC(F)(F)F)n1. The van der Waals surface area contributed by atoms with E-state index in [-0.39, 0.29) is 12.5 Å². The summed E-state index contributed by atoms with van der Waals surface area (Å²) < 4.78 is 36.7. The summed E-state index contributed by atoms with van der Waals surface area (Å²) in [5.74, 6) is 0.316. The van der Waals surface area contributed by atoms with Crippen LogP contribution in [0.5, 0.6) is 0 Å². The fourth-order valence-electron chi connectivity index (χ4n) is 1.90. The van der Waals surface area contributed by atoms with Crippen LogP contribution in [0.25, 0.3) is 0 Å². The molecule has 0 radical (unpaired) electrons. The Kier molecular flexibility index (Phi) is 5.24. The normalized spacial score (nSPS) is 12.9. The van der Waals surface area contributed by atoms with E-state index < -0.39 is 12.6 Å². The largest absolute Gasteiger partial charge is 0.389 e. The van der Waals surface area contributed by atoms with Crippen LogP contribution in [0.4, 0.5) is 19.1 Å². The van der Waals surface area contributed by atoms with Gasteiger partial charge in [0.2, 0.25) is 5.95 Å². The van der Waals surface area contributed by atoms with E-state index in [9.17, 15) is 13.2 Å². The van der Waals surface area contributed by atoms with Crippen molar-refractivity contribution in [1.29, 1.82) is 0 Å². The third-order valence-corrected chi connectivity index (χ3v) is 2.89. The monoisotopic (exact) mass is 311 g/mol. The molecule has 0 amide bonds. The van der Waals surface area contributed by atoms with E-state index in [1.54, 1.807) is 18.6 Å². The summed E-state index contributed by atoms with van der Waals surface area (Å²) in [6.45, 7) is 1.92. The Morgan fingerprint density at radius 2 is 1.95 bits per heavy atom. The first-order valence-electron chi connectivity index (χ1n) is 6.82. The van der Waals surface area contributed by atoms with Crippen molar-refractivity contribution in [3.63, 3.8) is 0 Å². The van der Waals surface area contributed by atoms with Gasteiger partial charge in [0, 0.05) is 49.4 Å². The third kappa shape index (κ3) is 5.63. The lowest BCUT2D eigenvalue weighted by atomic mass is 10.2. The molecule has 0 saturated heterocycles. The van der Waals surface area contributed by atoms with E-state index in [1.807, 2.05) is 6.92 Å². The minimum Gasteiger partial charge on any atom is -0.351 e. The fourth-order valence-corrected chi connectivity index (χ4v) is 1.90. The van der Waals surface area contributed by atoms with Crippen molar-refractivity contribution in [2.75, 3.05) is 5.32 Å². The van der Waals surface area contributed by atoms with E-state index in [1.165, 1.54) is 12.3 Å². The minimum atomic E-state index is -4.18. The Labute approximate surface area is 126 Å². The van der Waals surface area contributed by atoms with Crippen LogP contribution in [-0.2, 0) is 12.8 Å². The number of aryl methyl sites for hydroxylation is 1. The molecule has 2 aromatic rings. The molecule has 5 nitrogen and oxygen atoms in total. The Hall–Kier alpha value is -2.25. The number of hydrogen-bond donors (Lipinski definition) is 1. The van der Waals surface area contributed by atoms with E-state index in [2.05, 4.69) is 25.3 Å². The van der Waals surface area contributed by atoms with E-state index in [0.29, 0.717) is 18.1 Å². The van der Waals surface area contributed by atoms with Gasteiger partial charge >= 0.3 is 6.18 Å². The summed E-state index contributed by atoms with van der Waals surface area (Å²) in [7, 11) is 0. The summed E-state index contributed by atoms with van der Waals surface area (Å²) in [6, 6.07) is 1.47. The van der Waals surface area contributed by atoms with Gasteiger partial charge in [0.25, 0.3) is 0 Å². The number of hydrogen-bond acceptors (Lipinski definition) is 5. The zero-order valence-corrected chi connectivity index (χ0v) is 12.0. The van der Waals surface area contributed by atoms with Crippen LogP contribution in [0, 0.1) is 0 Å². The van der Waals surface area contributed by atoms with Crippen LogP contribution >= 0.6 is 0 Å². The van der Waals surface area contributed by atoms with Crippen LogP contribution in [0.15, 0.2) is 30.9 Å². The highest BCUT2D eigenvalue weighted by molar-refractivity contribution is 5.27. The average Bonchev–Trinajstić information content (AvgIpc) is 2.46. The Bertz CT molecular complexity index is 589. The lowest BCUT2D eigenvalue weighted by Gasteiger charge is -2.13. The van der Waals surface area contributed by atoms with Gasteiger partial charge in [0.15, 0.2) is 0 Å². The summed E-state index contributed by atoms with van der Waals surface area (Å²) in [4.78, 5) is 16.3. The maximum atomic E-state index is 12.2. The molecule has 0 aliphatic heterocycles. The van der Waals surface area contributed by atoms with Crippen molar-refractivity contribution in [3.05, 3.63) is 42.2 Å². The van der Waals surface area contributed by atoms with Gasteiger partial charge in [-0.25, -0.2) is 9.97 Å². The quantitative estimate of drug-likeness (QED) is 0.889. The second kappa shape index (κ2) is 7.15. The fraction of sp³-hybridized carbons (Fsp3) is 0.429. The zero-order chi connectivity index (χ0) is 16.0. The molecule has 0 aliphatic rings. The Morgan fingerprint density at radius 1 is 1.14 bits per heavy atom. The molecule has 0 aliphatic carbocycles. The molecule has 2 aromatic heterocycles. The highest BCUT2D eigenvalue weighted by Gasteiger charge is 2.26. The number of halogens is 3. The highest BCUT2D eigenvalue weighted by atomic mass is 19.4. The van der Waals surface area contributed by atoms with Crippen LogP contribution in [0.1, 0.15) is 24.7 Å². The molecular formula is C14H16F3N5. The zero-order valence-electron chi connectivity index (χ0n) is 12.0. The smallest absolute Gasteiger partial charge is 0.351 e. The van der Waals surface area contributed by atoms with Crippen molar-refractivity contribution in [2.24, 2.45) is 0 Å². The molecule has 22 heavy (non-hydrogen) atoms. The Morgan fingerprint density at radius 3 is 2.64 bits per heavy atom. The van der Waals surface area contributed by atoms with Crippen molar-refractivity contribution in [2.45, 2.75) is 38.4 Å². The molecule has 8 heteroatoms. The third-order valence-electron chi connectivity index (χ3n) is 2.89. The molecule has 2 rings (SSSR count). The van der Waals surface area contributed by atoms with E-state index in [4.69, 9.17) is 0 Å². The van der Waals surface area contributed by atoms with Gasteiger partial charge in [-0.2, -0.15) is 13.2 Å². The average molecular weight is 311 g/mol. The minimum absolute atomic E-state index is 0.0189. The van der Waals surface area contributed by atoms with E-state index >= 15 is 0 Å². The van der Waals surface area contributed by atoms with Crippen molar-refractivity contribution < 1.29 is 13.2 Å². The van der Waals surface area contributed by atoms with Crippen LogP contribution in [0.2, 0.25) is 0 Å². The molecule has 118 valence electrons.